The van der Waals surface area contributed by atoms with Crippen molar-refractivity contribution in [3.8, 4) is 6.07 Å². The van der Waals surface area contributed by atoms with Gasteiger partial charge < -0.3 is 0 Å². The third kappa shape index (κ3) is 2.74. The van der Waals surface area contributed by atoms with Crippen molar-refractivity contribution in [2.24, 2.45) is 0 Å². The lowest BCUT2D eigenvalue weighted by Crippen LogP contribution is -2.27. The second kappa shape index (κ2) is 4.85. The second-order valence-corrected chi connectivity index (χ2v) is 3.53. The lowest BCUT2D eigenvalue weighted by molar-refractivity contribution is 0.473. The molecule has 0 saturated heterocycles. The van der Waals surface area contributed by atoms with E-state index in [1.165, 1.54) is 12.1 Å². The third-order valence-corrected chi connectivity index (χ3v) is 1.92. The molecule has 0 aliphatic heterocycles. The van der Waals surface area contributed by atoms with Crippen LogP contribution < -0.4 is 5.32 Å². The van der Waals surface area contributed by atoms with Gasteiger partial charge in [-0.2, -0.15) is 5.26 Å². The van der Waals surface area contributed by atoms with Gasteiger partial charge in [-0.25, -0.2) is 8.78 Å². The molecule has 0 heterocycles. The monoisotopic (exact) mass is 210 g/mol. The van der Waals surface area contributed by atoms with Crippen molar-refractivity contribution in [2.45, 2.75) is 25.9 Å². The normalized spacial score (nSPS) is 12.5. The summed E-state index contributed by atoms with van der Waals surface area (Å²) < 4.78 is 26.2. The fourth-order valence-electron chi connectivity index (χ4n) is 1.27. The van der Waals surface area contributed by atoms with Crippen molar-refractivity contribution in [1.29, 1.82) is 5.26 Å². The Morgan fingerprint density at radius 3 is 2.53 bits per heavy atom. The molecule has 0 radical (unpaired) electrons. The number of halogens is 2. The minimum absolute atomic E-state index is 0.0253. The van der Waals surface area contributed by atoms with Crippen molar-refractivity contribution in [1.82, 2.24) is 5.32 Å². The highest BCUT2D eigenvalue weighted by Crippen LogP contribution is 2.19. The zero-order valence-electron chi connectivity index (χ0n) is 8.59. The van der Waals surface area contributed by atoms with E-state index in [0.717, 1.165) is 6.07 Å². The van der Waals surface area contributed by atoms with Gasteiger partial charge in [0.05, 0.1) is 6.07 Å². The molecule has 1 atom stereocenters. The zero-order chi connectivity index (χ0) is 11.4. The van der Waals surface area contributed by atoms with E-state index in [-0.39, 0.29) is 11.6 Å². The Hall–Kier alpha value is -1.47. The molecule has 1 rings (SSSR count). The van der Waals surface area contributed by atoms with E-state index in [1.54, 1.807) is 0 Å². The smallest absolute Gasteiger partial charge is 0.164 e. The van der Waals surface area contributed by atoms with Crippen molar-refractivity contribution in [2.75, 3.05) is 0 Å². The van der Waals surface area contributed by atoms with Crippen LogP contribution in [0.25, 0.3) is 0 Å². The quantitative estimate of drug-likeness (QED) is 0.832. The molecule has 1 aromatic carbocycles. The highest BCUT2D eigenvalue weighted by molar-refractivity contribution is 5.26. The Bertz CT molecular complexity index is 383. The number of nitrogens with zero attached hydrogens (tertiary/aromatic N) is 1. The number of benzene rings is 1. The molecule has 0 spiro atoms. The summed E-state index contributed by atoms with van der Waals surface area (Å²) >= 11 is 0. The van der Waals surface area contributed by atoms with Gasteiger partial charge in [0.1, 0.15) is 6.04 Å². The standard InChI is InChI=1S/C11H12F2N2/c1-7(2)15-10(6-14)8-4-3-5-9(12)11(8)13/h3-5,7,10,15H,1-2H3. The maximum absolute atomic E-state index is 13.3. The van der Waals surface area contributed by atoms with Gasteiger partial charge in [0.15, 0.2) is 11.6 Å². The van der Waals surface area contributed by atoms with Crippen molar-refractivity contribution in [3.05, 3.63) is 35.4 Å². The molecule has 0 aromatic heterocycles. The molecule has 0 aliphatic rings. The molecule has 1 aromatic rings. The first-order valence-corrected chi connectivity index (χ1v) is 4.65. The predicted octanol–water partition coefficient (Wildman–Crippen LogP) is 2.53. The summed E-state index contributed by atoms with van der Waals surface area (Å²) in [6.07, 6.45) is 0. The van der Waals surface area contributed by atoms with E-state index in [0.29, 0.717) is 0 Å². The zero-order valence-corrected chi connectivity index (χ0v) is 8.59. The van der Waals surface area contributed by atoms with Crippen molar-refractivity contribution < 1.29 is 8.78 Å². The Labute approximate surface area is 87.5 Å². The number of nitrogens with one attached hydrogen (secondary N) is 1. The summed E-state index contributed by atoms with van der Waals surface area (Å²) in [6, 6.07) is 4.93. The minimum atomic E-state index is -0.961. The molecule has 4 heteroatoms. The van der Waals surface area contributed by atoms with Crippen LogP contribution in [0.2, 0.25) is 0 Å². The Balaban J connectivity index is 3.03. The van der Waals surface area contributed by atoms with Crippen LogP contribution in [0.1, 0.15) is 25.5 Å². The average molecular weight is 210 g/mol. The van der Waals surface area contributed by atoms with Crippen LogP contribution in [0, 0.1) is 23.0 Å². The summed E-state index contributed by atoms with van der Waals surface area (Å²) in [4.78, 5) is 0. The number of hydrogen-bond acceptors (Lipinski definition) is 2. The molecule has 0 aliphatic carbocycles. The summed E-state index contributed by atoms with van der Waals surface area (Å²) in [5, 5.41) is 11.7. The first kappa shape index (κ1) is 11.6. The predicted molar refractivity (Wildman–Crippen MR) is 53.0 cm³/mol. The van der Waals surface area contributed by atoms with Crippen LogP contribution in [0.4, 0.5) is 8.78 Å². The van der Waals surface area contributed by atoms with Gasteiger partial charge in [-0.1, -0.05) is 12.1 Å². The maximum Gasteiger partial charge on any atom is 0.164 e. The molecule has 1 unspecified atom stereocenters. The van der Waals surface area contributed by atoms with Gasteiger partial charge in [-0.15, -0.1) is 0 Å². The molecule has 0 bridgehead atoms. The number of rotatable bonds is 3. The lowest BCUT2D eigenvalue weighted by atomic mass is 10.1. The summed E-state index contributed by atoms with van der Waals surface area (Å²) in [6.45, 7) is 3.67. The topological polar surface area (TPSA) is 35.8 Å². The van der Waals surface area contributed by atoms with Gasteiger partial charge in [0, 0.05) is 11.6 Å². The van der Waals surface area contributed by atoms with Crippen LogP contribution in [0.15, 0.2) is 18.2 Å². The fraction of sp³-hybridized carbons (Fsp3) is 0.364. The molecular weight excluding hydrogens is 198 g/mol. The molecular formula is C11H12F2N2. The lowest BCUT2D eigenvalue weighted by Gasteiger charge is -2.15. The Kier molecular flexibility index (Phi) is 3.75. The van der Waals surface area contributed by atoms with E-state index in [4.69, 9.17) is 5.26 Å². The minimum Gasteiger partial charge on any atom is -0.296 e. The second-order valence-electron chi connectivity index (χ2n) is 3.53. The van der Waals surface area contributed by atoms with E-state index in [9.17, 15) is 8.78 Å². The molecule has 1 N–H and O–H groups in total. The number of hydrogen-bond donors (Lipinski definition) is 1. The molecule has 15 heavy (non-hydrogen) atoms. The average Bonchev–Trinajstić information content (AvgIpc) is 2.19. The summed E-state index contributed by atoms with van der Waals surface area (Å²) in [5.41, 5.74) is 0.0474. The highest BCUT2D eigenvalue weighted by atomic mass is 19.2. The molecule has 0 amide bonds. The Morgan fingerprint density at radius 2 is 2.00 bits per heavy atom. The largest absolute Gasteiger partial charge is 0.296 e. The van der Waals surface area contributed by atoms with Crippen molar-refractivity contribution in [3.63, 3.8) is 0 Å². The maximum atomic E-state index is 13.3. The first-order valence-electron chi connectivity index (χ1n) is 4.65. The third-order valence-electron chi connectivity index (χ3n) is 1.92. The number of nitriles is 1. The van der Waals surface area contributed by atoms with Gasteiger partial charge >= 0.3 is 0 Å². The van der Waals surface area contributed by atoms with Crippen LogP contribution in [0.5, 0.6) is 0 Å². The van der Waals surface area contributed by atoms with Crippen LogP contribution in [-0.4, -0.2) is 6.04 Å². The van der Waals surface area contributed by atoms with Gasteiger partial charge in [0.25, 0.3) is 0 Å². The van der Waals surface area contributed by atoms with E-state index in [1.807, 2.05) is 19.9 Å². The fourth-order valence-corrected chi connectivity index (χ4v) is 1.27. The molecule has 0 fully saturated rings. The summed E-state index contributed by atoms with van der Waals surface area (Å²) in [5.74, 6) is -1.89. The molecule has 80 valence electrons. The van der Waals surface area contributed by atoms with Crippen LogP contribution in [0.3, 0.4) is 0 Å². The SMILES string of the molecule is CC(C)NC(C#N)c1cccc(F)c1F. The van der Waals surface area contributed by atoms with Gasteiger partial charge in [-0.05, 0) is 19.9 Å². The van der Waals surface area contributed by atoms with Gasteiger partial charge in [-0.3, -0.25) is 5.32 Å². The first-order chi connectivity index (χ1) is 7.06. The van der Waals surface area contributed by atoms with E-state index in [2.05, 4.69) is 5.32 Å². The molecule has 2 nitrogen and oxygen atoms in total. The van der Waals surface area contributed by atoms with Crippen molar-refractivity contribution >= 4 is 0 Å². The molecule has 0 saturated carbocycles. The Morgan fingerprint density at radius 1 is 1.33 bits per heavy atom. The van der Waals surface area contributed by atoms with E-state index < -0.39 is 17.7 Å². The van der Waals surface area contributed by atoms with Crippen LogP contribution in [-0.2, 0) is 0 Å². The highest BCUT2D eigenvalue weighted by Gasteiger charge is 2.17. The van der Waals surface area contributed by atoms with E-state index >= 15 is 0 Å². The van der Waals surface area contributed by atoms with Gasteiger partial charge in [0.2, 0.25) is 0 Å². The van der Waals surface area contributed by atoms with Crippen LogP contribution >= 0.6 is 0 Å². The summed E-state index contributed by atoms with van der Waals surface area (Å²) in [7, 11) is 0.